The van der Waals surface area contributed by atoms with Crippen molar-refractivity contribution in [1.29, 1.82) is 0 Å². The van der Waals surface area contributed by atoms with Gasteiger partial charge in [-0.2, -0.15) is 0 Å². The highest BCUT2D eigenvalue weighted by molar-refractivity contribution is 7.91. The highest BCUT2D eigenvalue weighted by Crippen LogP contribution is 2.30. The number of nitrogens with zero attached hydrogens (tertiary/aromatic N) is 2. The highest BCUT2D eigenvalue weighted by atomic mass is 32.2. The van der Waals surface area contributed by atoms with Gasteiger partial charge in [0.25, 0.3) is 5.84 Å². The topological polar surface area (TPSA) is 122 Å². The number of esters is 1. The van der Waals surface area contributed by atoms with Crippen LogP contribution in [0, 0.1) is 4.91 Å². The molecule has 160 valence electrons. The van der Waals surface area contributed by atoms with Crippen LogP contribution in [0.15, 0.2) is 74.7 Å². The van der Waals surface area contributed by atoms with Gasteiger partial charge in [0.1, 0.15) is 0 Å². The number of amidine groups is 1. The summed E-state index contributed by atoms with van der Waals surface area (Å²) >= 11 is 0. The summed E-state index contributed by atoms with van der Waals surface area (Å²) in [5.74, 6) is -1.33. The van der Waals surface area contributed by atoms with Crippen molar-refractivity contribution in [3.05, 3.63) is 65.1 Å². The molecule has 0 bridgehead atoms. The number of hydrogen-bond acceptors (Lipinski definition) is 7. The number of benzene rings is 2. The van der Waals surface area contributed by atoms with Gasteiger partial charge in [-0.3, -0.25) is 4.79 Å². The second-order valence-corrected chi connectivity index (χ2v) is 8.70. The van der Waals surface area contributed by atoms with Crippen LogP contribution >= 0.6 is 0 Å². The van der Waals surface area contributed by atoms with Gasteiger partial charge in [-0.25, -0.2) is 8.42 Å². The number of carbonyl (C=O) groups excluding carboxylic acids is 1. The van der Waals surface area contributed by atoms with E-state index in [-0.39, 0.29) is 22.1 Å². The van der Waals surface area contributed by atoms with E-state index in [0.717, 1.165) is 12.0 Å². The number of nitroso groups, excluding NO2 is 1. The molecule has 0 saturated carbocycles. The number of rotatable bonds is 9. The Balaban J connectivity index is 2.31. The predicted octanol–water partition coefficient (Wildman–Crippen LogP) is 4.28. The first-order chi connectivity index (χ1) is 14.3. The molecular weight excluding hydrogens is 408 g/mol. The predicted molar refractivity (Wildman–Crippen MR) is 111 cm³/mol. The molecule has 0 saturated heterocycles. The summed E-state index contributed by atoms with van der Waals surface area (Å²) in [7, 11) is -3.63. The van der Waals surface area contributed by atoms with Crippen LogP contribution in [0.1, 0.15) is 44.6 Å². The van der Waals surface area contributed by atoms with Crippen molar-refractivity contribution in [2.75, 3.05) is 0 Å². The zero-order valence-corrected chi connectivity index (χ0v) is 17.6. The average molecular weight is 432 g/mol. The summed E-state index contributed by atoms with van der Waals surface area (Å²) in [6, 6.07) is 14.6. The van der Waals surface area contributed by atoms with E-state index in [2.05, 4.69) is 10.3 Å². The SMILES string of the molecule is CCCC(CC(OC(C)=O)C(N=O)=NO)c1ccc(S(=O)(=O)c2ccccc2)cc1. The van der Waals surface area contributed by atoms with Crippen LogP contribution in [0.3, 0.4) is 0 Å². The van der Waals surface area contributed by atoms with E-state index in [0.29, 0.717) is 6.42 Å². The van der Waals surface area contributed by atoms with Gasteiger partial charge in [0.2, 0.25) is 9.84 Å². The van der Waals surface area contributed by atoms with E-state index in [1.54, 1.807) is 30.3 Å². The first kappa shape index (κ1) is 23.2. The Morgan fingerprint density at radius 3 is 2.17 bits per heavy atom. The average Bonchev–Trinajstić information content (AvgIpc) is 2.74. The Hall–Kier alpha value is -3.07. The van der Waals surface area contributed by atoms with E-state index >= 15 is 0 Å². The Kier molecular flexibility index (Phi) is 8.23. The van der Waals surface area contributed by atoms with Gasteiger partial charge < -0.3 is 9.94 Å². The van der Waals surface area contributed by atoms with Gasteiger partial charge in [-0.15, -0.1) is 4.91 Å². The third kappa shape index (κ3) is 5.73. The van der Waals surface area contributed by atoms with E-state index in [4.69, 9.17) is 9.94 Å². The smallest absolute Gasteiger partial charge is 0.303 e. The fraction of sp³-hybridized carbons (Fsp3) is 0.333. The third-order valence-corrected chi connectivity index (χ3v) is 6.43. The summed E-state index contributed by atoms with van der Waals surface area (Å²) in [6.45, 7) is 3.16. The van der Waals surface area contributed by atoms with Crippen molar-refractivity contribution in [3.63, 3.8) is 0 Å². The standard InChI is InChI=1S/C21H24N2O6S/c1-3-7-17(14-20(29-15(2)24)21(22-25)23-26)16-10-12-19(13-11-16)30(27,28)18-8-5-4-6-9-18/h4-6,8-13,17,20,25H,3,7,14H2,1-2H3. The fourth-order valence-corrected chi connectivity index (χ4v) is 4.51. The second-order valence-electron chi connectivity index (χ2n) is 6.75. The van der Waals surface area contributed by atoms with Crippen LogP contribution in [0.5, 0.6) is 0 Å². The van der Waals surface area contributed by atoms with Crippen LogP contribution < -0.4 is 0 Å². The quantitative estimate of drug-likeness (QED) is 0.158. The Labute approximate surface area is 175 Å². The number of ether oxygens (including phenoxy) is 1. The lowest BCUT2D eigenvalue weighted by molar-refractivity contribution is -0.143. The van der Waals surface area contributed by atoms with E-state index in [9.17, 15) is 18.1 Å². The minimum atomic E-state index is -3.63. The second kappa shape index (κ2) is 10.6. The molecule has 2 aromatic carbocycles. The van der Waals surface area contributed by atoms with Crippen LogP contribution in [0.4, 0.5) is 0 Å². The molecule has 30 heavy (non-hydrogen) atoms. The van der Waals surface area contributed by atoms with Crippen molar-refractivity contribution >= 4 is 21.6 Å². The molecule has 8 nitrogen and oxygen atoms in total. The molecule has 0 fully saturated rings. The van der Waals surface area contributed by atoms with Crippen molar-refractivity contribution in [2.45, 2.75) is 54.9 Å². The molecule has 0 spiro atoms. The lowest BCUT2D eigenvalue weighted by atomic mass is 9.89. The zero-order chi connectivity index (χ0) is 22.1. The van der Waals surface area contributed by atoms with Crippen LogP contribution in [-0.2, 0) is 19.4 Å². The Morgan fingerprint density at radius 2 is 1.67 bits per heavy atom. The molecule has 0 aromatic heterocycles. The van der Waals surface area contributed by atoms with Crippen molar-refractivity contribution in [2.24, 2.45) is 10.3 Å². The molecule has 2 atom stereocenters. The highest BCUT2D eigenvalue weighted by Gasteiger charge is 2.27. The summed E-state index contributed by atoms with van der Waals surface area (Å²) < 4.78 is 30.6. The van der Waals surface area contributed by atoms with E-state index < -0.39 is 27.7 Å². The van der Waals surface area contributed by atoms with E-state index in [1.807, 2.05) is 6.92 Å². The number of oxime groups is 1. The Morgan fingerprint density at radius 1 is 1.07 bits per heavy atom. The maximum Gasteiger partial charge on any atom is 0.303 e. The molecule has 0 radical (unpaired) electrons. The van der Waals surface area contributed by atoms with Gasteiger partial charge in [-0.1, -0.05) is 48.8 Å². The fourth-order valence-electron chi connectivity index (χ4n) is 3.23. The van der Waals surface area contributed by atoms with E-state index in [1.165, 1.54) is 31.2 Å². The van der Waals surface area contributed by atoms with Crippen LogP contribution in [-0.4, -0.2) is 31.5 Å². The minimum Gasteiger partial charge on any atom is -0.454 e. The van der Waals surface area contributed by atoms with Crippen molar-refractivity contribution < 1.29 is 23.2 Å². The number of hydrogen-bond donors (Lipinski definition) is 1. The maximum atomic E-state index is 12.8. The third-order valence-electron chi connectivity index (χ3n) is 4.64. The molecule has 0 heterocycles. The largest absolute Gasteiger partial charge is 0.454 e. The molecule has 2 unspecified atom stereocenters. The first-order valence-electron chi connectivity index (χ1n) is 9.46. The van der Waals surface area contributed by atoms with Gasteiger partial charge in [0.05, 0.1) is 9.79 Å². The summed E-state index contributed by atoms with van der Waals surface area (Å²) in [4.78, 5) is 22.7. The minimum absolute atomic E-state index is 0.163. The summed E-state index contributed by atoms with van der Waals surface area (Å²) in [5, 5.41) is 14.5. The molecule has 0 aliphatic rings. The normalized spacial score (nSPS) is 14.0. The monoisotopic (exact) mass is 432 g/mol. The van der Waals surface area contributed by atoms with Crippen LogP contribution in [0.25, 0.3) is 0 Å². The van der Waals surface area contributed by atoms with Crippen molar-refractivity contribution in [1.82, 2.24) is 0 Å². The molecule has 1 N–H and O–H groups in total. The lowest BCUT2D eigenvalue weighted by Gasteiger charge is -2.22. The molecule has 9 heteroatoms. The first-order valence-corrected chi connectivity index (χ1v) is 10.9. The van der Waals surface area contributed by atoms with Gasteiger partial charge in [-0.05, 0) is 53.8 Å². The number of sulfone groups is 1. The summed E-state index contributed by atoms with van der Waals surface area (Å²) in [6.07, 6.45) is 0.541. The zero-order valence-electron chi connectivity index (χ0n) is 16.8. The van der Waals surface area contributed by atoms with Gasteiger partial charge in [0.15, 0.2) is 6.10 Å². The van der Waals surface area contributed by atoms with Gasteiger partial charge >= 0.3 is 5.97 Å². The molecule has 0 aliphatic carbocycles. The lowest BCUT2D eigenvalue weighted by Crippen LogP contribution is -2.27. The van der Waals surface area contributed by atoms with Crippen LogP contribution in [0.2, 0.25) is 0 Å². The number of carbonyl (C=O) groups is 1. The molecule has 0 amide bonds. The molecule has 2 aromatic rings. The maximum absolute atomic E-state index is 12.8. The van der Waals surface area contributed by atoms with Crippen molar-refractivity contribution in [3.8, 4) is 0 Å². The van der Waals surface area contributed by atoms with Gasteiger partial charge in [0, 0.05) is 6.92 Å². The Bertz CT molecular complexity index is 988. The molecular formula is C21H24N2O6S. The molecule has 2 rings (SSSR count). The molecule has 0 aliphatic heterocycles. The summed E-state index contributed by atoms with van der Waals surface area (Å²) in [5.41, 5.74) is 0.809.